The lowest BCUT2D eigenvalue weighted by Crippen LogP contribution is -2.43. The Morgan fingerprint density at radius 1 is 1.07 bits per heavy atom. The number of nitrogens with one attached hydrogen (secondary N) is 1. The Balaban J connectivity index is 1.64. The normalized spacial score (nSPS) is 16.4. The number of fused-ring (bicyclic) bond motifs is 2. The number of amides is 1. The van der Waals surface area contributed by atoms with Crippen molar-refractivity contribution >= 4 is 17.3 Å². The second kappa shape index (κ2) is 7.37. The largest absolute Gasteiger partial charge is 0.481 e. The predicted molar refractivity (Wildman–Crippen MR) is 113 cm³/mol. The number of carbonyl (C=O) groups excluding carboxylic acids is 1. The van der Waals surface area contributed by atoms with Gasteiger partial charge < -0.3 is 19.5 Å². The fourth-order valence-electron chi connectivity index (χ4n) is 3.73. The number of hydrogen-bond acceptors (Lipinski definition) is 5. The van der Waals surface area contributed by atoms with Crippen molar-refractivity contribution in [3.8, 4) is 29.6 Å². The molecule has 0 unspecified atom stereocenters. The van der Waals surface area contributed by atoms with Gasteiger partial charge in [-0.3, -0.25) is 9.69 Å². The zero-order valence-electron chi connectivity index (χ0n) is 16.0. The third kappa shape index (κ3) is 2.97. The van der Waals surface area contributed by atoms with Crippen molar-refractivity contribution in [1.82, 2.24) is 0 Å². The standard InChI is InChI=1S/C24H18N2O4/c1-2-13-28-20-10-6-4-8-18(20)23-25-19-9-5-3-7-17(19)24(27)26(23)16-11-12-21-22(14-16)30-15-29-21/h1,3-12,14,23,25H,13,15H2/t23-/m1/s1. The summed E-state index contributed by atoms with van der Waals surface area (Å²) in [6.07, 6.45) is 4.88. The van der Waals surface area contributed by atoms with E-state index in [0.717, 1.165) is 11.3 Å². The van der Waals surface area contributed by atoms with Gasteiger partial charge in [-0.05, 0) is 30.3 Å². The van der Waals surface area contributed by atoms with Crippen LogP contribution in [0.4, 0.5) is 11.4 Å². The first-order chi connectivity index (χ1) is 14.8. The highest BCUT2D eigenvalue weighted by Gasteiger charge is 2.36. The minimum Gasteiger partial charge on any atom is -0.481 e. The summed E-state index contributed by atoms with van der Waals surface area (Å²) in [7, 11) is 0. The molecule has 0 aromatic heterocycles. The van der Waals surface area contributed by atoms with Crippen LogP contribution < -0.4 is 24.4 Å². The van der Waals surface area contributed by atoms with Gasteiger partial charge in [0.15, 0.2) is 11.5 Å². The molecule has 0 radical (unpaired) electrons. The van der Waals surface area contributed by atoms with E-state index in [1.54, 1.807) is 4.90 Å². The van der Waals surface area contributed by atoms with Crippen LogP contribution in [0.2, 0.25) is 0 Å². The van der Waals surface area contributed by atoms with Crippen molar-refractivity contribution in [2.24, 2.45) is 0 Å². The minimum atomic E-state index is -0.498. The topological polar surface area (TPSA) is 60.0 Å². The van der Waals surface area contributed by atoms with Crippen LogP contribution in [0, 0.1) is 12.3 Å². The Morgan fingerprint density at radius 2 is 1.87 bits per heavy atom. The molecule has 5 rings (SSSR count). The van der Waals surface area contributed by atoms with Gasteiger partial charge in [-0.2, -0.15) is 0 Å². The lowest BCUT2D eigenvalue weighted by molar-refractivity contribution is 0.0974. The van der Waals surface area contributed by atoms with Crippen molar-refractivity contribution in [1.29, 1.82) is 0 Å². The molecule has 148 valence electrons. The Labute approximate surface area is 174 Å². The van der Waals surface area contributed by atoms with E-state index in [9.17, 15) is 4.79 Å². The molecule has 1 amide bonds. The molecule has 6 heteroatoms. The molecule has 2 aliphatic rings. The van der Waals surface area contributed by atoms with E-state index in [4.69, 9.17) is 20.6 Å². The van der Waals surface area contributed by atoms with Crippen molar-refractivity contribution < 1.29 is 19.0 Å². The zero-order valence-corrected chi connectivity index (χ0v) is 16.0. The lowest BCUT2D eigenvalue weighted by atomic mass is 10.0. The number of rotatable bonds is 4. The number of nitrogens with zero attached hydrogens (tertiary/aromatic N) is 1. The van der Waals surface area contributed by atoms with Crippen LogP contribution in [-0.4, -0.2) is 19.3 Å². The third-order valence-corrected chi connectivity index (χ3v) is 5.09. The van der Waals surface area contributed by atoms with Crippen LogP contribution in [0.3, 0.4) is 0 Å². The quantitative estimate of drug-likeness (QED) is 0.668. The molecule has 0 bridgehead atoms. The van der Waals surface area contributed by atoms with Crippen molar-refractivity contribution in [3.63, 3.8) is 0 Å². The highest BCUT2D eigenvalue weighted by Crippen LogP contribution is 2.42. The summed E-state index contributed by atoms with van der Waals surface area (Å²) in [5, 5.41) is 3.48. The molecule has 2 aliphatic heterocycles. The average molecular weight is 398 g/mol. The molecule has 30 heavy (non-hydrogen) atoms. The number of benzene rings is 3. The maximum atomic E-state index is 13.6. The molecular weight excluding hydrogens is 380 g/mol. The Hall–Kier alpha value is -4.11. The number of anilines is 2. The monoisotopic (exact) mass is 398 g/mol. The Kier molecular flexibility index (Phi) is 4.41. The number of para-hydroxylation sites is 2. The van der Waals surface area contributed by atoms with Crippen LogP contribution >= 0.6 is 0 Å². The average Bonchev–Trinajstić information content (AvgIpc) is 3.26. The van der Waals surface area contributed by atoms with Crippen LogP contribution in [0.5, 0.6) is 17.2 Å². The highest BCUT2D eigenvalue weighted by atomic mass is 16.7. The van der Waals surface area contributed by atoms with Crippen molar-refractivity contribution in [3.05, 3.63) is 77.9 Å². The fraction of sp³-hybridized carbons (Fsp3) is 0.125. The minimum absolute atomic E-state index is 0.125. The summed E-state index contributed by atoms with van der Waals surface area (Å²) >= 11 is 0. The molecule has 0 fully saturated rings. The fourth-order valence-corrected chi connectivity index (χ4v) is 3.73. The van der Waals surface area contributed by atoms with Gasteiger partial charge in [-0.15, -0.1) is 6.42 Å². The van der Waals surface area contributed by atoms with Crippen LogP contribution in [0.25, 0.3) is 0 Å². The first-order valence-electron chi connectivity index (χ1n) is 9.50. The number of ether oxygens (including phenoxy) is 3. The molecule has 3 aromatic rings. The maximum Gasteiger partial charge on any atom is 0.262 e. The molecular formula is C24H18N2O4. The maximum absolute atomic E-state index is 13.6. The van der Waals surface area contributed by atoms with Gasteiger partial charge in [-0.1, -0.05) is 36.3 Å². The van der Waals surface area contributed by atoms with Crippen LogP contribution in [0.15, 0.2) is 66.7 Å². The van der Waals surface area contributed by atoms with Gasteiger partial charge in [0.2, 0.25) is 6.79 Å². The molecule has 1 N–H and O–H groups in total. The highest BCUT2D eigenvalue weighted by molar-refractivity contribution is 6.12. The van der Waals surface area contributed by atoms with E-state index in [1.807, 2.05) is 66.7 Å². The molecule has 1 atom stereocenters. The summed E-state index contributed by atoms with van der Waals surface area (Å²) in [5.74, 6) is 4.24. The Morgan fingerprint density at radius 3 is 2.77 bits per heavy atom. The molecule has 6 nitrogen and oxygen atoms in total. The lowest BCUT2D eigenvalue weighted by Gasteiger charge is -2.38. The Bertz CT molecular complexity index is 1170. The predicted octanol–water partition coefficient (Wildman–Crippen LogP) is 4.20. The molecule has 3 aromatic carbocycles. The van der Waals surface area contributed by atoms with Crippen LogP contribution in [0.1, 0.15) is 22.1 Å². The zero-order chi connectivity index (χ0) is 20.5. The first-order valence-corrected chi connectivity index (χ1v) is 9.50. The number of carbonyl (C=O) groups is 1. The second-order valence-electron chi connectivity index (χ2n) is 6.84. The molecule has 0 saturated carbocycles. The van der Waals surface area contributed by atoms with E-state index in [0.29, 0.717) is 28.5 Å². The summed E-state index contributed by atoms with van der Waals surface area (Å²) in [6.45, 7) is 0.304. The van der Waals surface area contributed by atoms with Crippen LogP contribution in [-0.2, 0) is 0 Å². The van der Waals surface area contributed by atoms with E-state index < -0.39 is 6.17 Å². The number of hydrogen-bond donors (Lipinski definition) is 1. The van der Waals surface area contributed by atoms with E-state index in [1.165, 1.54) is 0 Å². The van der Waals surface area contributed by atoms with Gasteiger partial charge in [-0.25, -0.2) is 0 Å². The van der Waals surface area contributed by atoms with Gasteiger partial charge in [0.25, 0.3) is 5.91 Å². The summed E-state index contributed by atoms with van der Waals surface area (Å²) < 4.78 is 16.7. The van der Waals surface area contributed by atoms with E-state index in [2.05, 4.69) is 11.2 Å². The number of terminal acetylenes is 1. The third-order valence-electron chi connectivity index (χ3n) is 5.09. The molecule has 0 aliphatic carbocycles. The SMILES string of the molecule is C#CCOc1ccccc1[C@@H]1Nc2ccccc2C(=O)N1c1ccc2c(c1)OCO2. The van der Waals surface area contributed by atoms with E-state index >= 15 is 0 Å². The van der Waals surface area contributed by atoms with E-state index in [-0.39, 0.29) is 19.3 Å². The van der Waals surface area contributed by atoms with Gasteiger partial charge in [0.1, 0.15) is 18.5 Å². The summed E-state index contributed by atoms with van der Waals surface area (Å²) in [4.78, 5) is 15.3. The summed E-state index contributed by atoms with van der Waals surface area (Å²) in [6, 6.07) is 20.5. The second-order valence-corrected chi connectivity index (χ2v) is 6.84. The van der Waals surface area contributed by atoms with Gasteiger partial charge >= 0.3 is 0 Å². The van der Waals surface area contributed by atoms with Gasteiger partial charge in [0, 0.05) is 17.3 Å². The molecule has 2 heterocycles. The van der Waals surface area contributed by atoms with Gasteiger partial charge in [0.05, 0.1) is 11.3 Å². The molecule has 0 saturated heterocycles. The smallest absolute Gasteiger partial charge is 0.262 e. The molecule has 0 spiro atoms. The summed E-state index contributed by atoms with van der Waals surface area (Å²) in [5.41, 5.74) is 2.83. The van der Waals surface area contributed by atoms with Crippen molar-refractivity contribution in [2.75, 3.05) is 23.6 Å². The van der Waals surface area contributed by atoms with Crippen molar-refractivity contribution in [2.45, 2.75) is 6.17 Å². The first kappa shape index (κ1) is 18.0.